The van der Waals surface area contributed by atoms with Gasteiger partial charge in [-0.25, -0.2) is 4.98 Å². The first kappa shape index (κ1) is 21.3. The second kappa shape index (κ2) is 8.39. The van der Waals surface area contributed by atoms with E-state index in [1.807, 2.05) is 36.5 Å². The molecule has 5 rings (SSSR count). The Morgan fingerprint density at radius 3 is 2.47 bits per heavy atom. The van der Waals surface area contributed by atoms with Crippen LogP contribution in [0.15, 0.2) is 59.5 Å². The Kier molecular flexibility index (Phi) is 5.25. The normalized spacial score (nSPS) is 11.1. The number of nitrogen functional groups attached to an aromatic ring is 1. The molecule has 5 aromatic rings. The standard InChI is InChI=1S/C24H22N8O2/c1-14-29-30-24(34-14)17-8-19-20(11-27-23(25)22(19)26-9-17)16-6-4-15(5-7-16)18-10-28-32(12-18)13-21(33)31(2)3/h4-12H,13H2,1-3H3,(H2,25,27). The van der Waals surface area contributed by atoms with E-state index >= 15 is 0 Å². The molecule has 170 valence electrons. The number of aromatic nitrogens is 6. The quantitative estimate of drug-likeness (QED) is 0.429. The maximum atomic E-state index is 11.9. The Labute approximate surface area is 195 Å². The Morgan fingerprint density at radius 2 is 1.76 bits per heavy atom. The van der Waals surface area contributed by atoms with Gasteiger partial charge in [-0.1, -0.05) is 24.3 Å². The molecule has 4 heterocycles. The summed E-state index contributed by atoms with van der Waals surface area (Å²) in [4.78, 5) is 22.3. The molecule has 4 aromatic heterocycles. The van der Waals surface area contributed by atoms with Crippen molar-refractivity contribution >= 4 is 22.6 Å². The zero-order valence-electron chi connectivity index (χ0n) is 18.9. The monoisotopic (exact) mass is 454 g/mol. The SMILES string of the molecule is Cc1nnc(-c2cnc3c(N)ncc(-c4ccc(-c5cnn(CC(=O)N(C)C)c5)cc4)c3c2)o1. The first-order chi connectivity index (χ1) is 16.4. The Hall–Kier alpha value is -4.60. The van der Waals surface area contributed by atoms with Gasteiger partial charge >= 0.3 is 0 Å². The molecule has 0 atom stereocenters. The van der Waals surface area contributed by atoms with E-state index < -0.39 is 0 Å². The summed E-state index contributed by atoms with van der Waals surface area (Å²) in [6.07, 6.45) is 7.00. The van der Waals surface area contributed by atoms with Crippen molar-refractivity contribution in [2.45, 2.75) is 13.5 Å². The number of fused-ring (bicyclic) bond motifs is 1. The van der Waals surface area contributed by atoms with Crippen LogP contribution in [-0.4, -0.2) is 54.8 Å². The molecule has 34 heavy (non-hydrogen) atoms. The fraction of sp³-hybridized carbons (Fsp3) is 0.167. The van der Waals surface area contributed by atoms with Crippen molar-refractivity contribution in [3.05, 3.63) is 61.0 Å². The van der Waals surface area contributed by atoms with Gasteiger partial charge in [-0.2, -0.15) is 5.10 Å². The molecule has 0 radical (unpaired) electrons. The van der Waals surface area contributed by atoms with Gasteiger partial charge in [0.25, 0.3) is 0 Å². The number of carbonyl (C=O) groups excluding carboxylic acids is 1. The lowest BCUT2D eigenvalue weighted by molar-refractivity contribution is -0.129. The molecule has 1 amide bonds. The fourth-order valence-electron chi connectivity index (χ4n) is 3.62. The molecule has 0 fully saturated rings. The van der Waals surface area contributed by atoms with Crippen LogP contribution in [0, 0.1) is 6.92 Å². The first-order valence-corrected chi connectivity index (χ1v) is 10.6. The van der Waals surface area contributed by atoms with Gasteiger partial charge in [-0.3, -0.25) is 14.5 Å². The van der Waals surface area contributed by atoms with E-state index in [-0.39, 0.29) is 12.5 Å². The average molecular weight is 454 g/mol. The molecule has 0 unspecified atom stereocenters. The van der Waals surface area contributed by atoms with Crippen LogP contribution in [0.4, 0.5) is 5.82 Å². The molecule has 0 saturated carbocycles. The van der Waals surface area contributed by atoms with Crippen LogP contribution in [0.2, 0.25) is 0 Å². The third kappa shape index (κ3) is 3.96. The van der Waals surface area contributed by atoms with Gasteiger partial charge in [0.15, 0.2) is 0 Å². The summed E-state index contributed by atoms with van der Waals surface area (Å²) in [5.74, 6) is 1.21. The minimum atomic E-state index is -0.0172. The number of nitrogens with two attached hydrogens (primary N) is 1. The zero-order chi connectivity index (χ0) is 23.8. The number of aryl methyl sites for hydroxylation is 1. The number of nitrogens with zero attached hydrogens (tertiary/aromatic N) is 7. The van der Waals surface area contributed by atoms with E-state index in [0.717, 1.165) is 27.6 Å². The Bertz CT molecular complexity index is 1500. The number of hydrogen-bond acceptors (Lipinski definition) is 8. The highest BCUT2D eigenvalue weighted by Gasteiger charge is 2.14. The predicted molar refractivity (Wildman–Crippen MR) is 127 cm³/mol. The van der Waals surface area contributed by atoms with Gasteiger partial charge in [-0.15, -0.1) is 10.2 Å². The zero-order valence-corrected chi connectivity index (χ0v) is 18.9. The van der Waals surface area contributed by atoms with Crippen molar-refractivity contribution in [3.8, 4) is 33.7 Å². The molecule has 10 heteroatoms. The van der Waals surface area contributed by atoms with Gasteiger partial charge in [0.1, 0.15) is 17.9 Å². The van der Waals surface area contributed by atoms with E-state index in [1.54, 1.807) is 49.2 Å². The minimum Gasteiger partial charge on any atom is -0.421 e. The summed E-state index contributed by atoms with van der Waals surface area (Å²) >= 11 is 0. The maximum Gasteiger partial charge on any atom is 0.249 e. The lowest BCUT2D eigenvalue weighted by atomic mass is 9.99. The number of benzene rings is 1. The number of likely N-dealkylation sites (N-methyl/N-ethyl adjacent to an activating group) is 1. The highest BCUT2D eigenvalue weighted by Crippen LogP contribution is 2.33. The molecule has 0 spiro atoms. The van der Waals surface area contributed by atoms with Gasteiger partial charge in [0, 0.05) is 56.1 Å². The lowest BCUT2D eigenvalue weighted by Gasteiger charge is -2.10. The first-order valence-electron chi connectivity index (χ1n) is 10.6. The molecular formula is C24H22N8O2. The second-order valence-electron chi connectivity index (χ2n) is 8.10. The van der Waals surface area contributed by atoms with E-state index in [1.165, 1.54) is 0 Å². The Morgan fingerprint density at radius 1 is 1.00 bits per heavy atom. The molecular weight excluding hydrogens is 432 g/mol. The van der Waals surface area contributed by atoms with Crippen molar-refractivity contribution in [2.75, 3.05) is 19.8 Å². The number of anilines is 1. The topological polar surface area (TPSA) is 129 Å². The van der Waals surface area contributed by atoms with E-state index in [2.05, 4.69) is 25.3 Å². The molecule has 0 aliphatic carbocycles. The largest absolute Gasteiger partial charge is 0.421 e. The van der Waals surface area contributed by atoms with E-state index in [0.29, 0.717) is 28.7 Å². The third-order valence-electron chi connectivity index (χ3n) is 5.48. The van der Waals surface area contributed by atoms with Crippen molar-refractivity contribution in [1.29, 1.82) is 0 Å². The number of amides is 1. The van der Waals surface area contributed by atoms with Gasteiger partial charge in [0.05, 0.1) is 11.8 Å². The number of rotatable bonds is 5. The van der Waals surface area contributed by atoms with Crippen LogP contribution in [0.25, 0.3) is 44.6 Å². The summed E-state index contributed by atoms with van der Waals surface area (Å²) < 4.78 is 7.19. The third-order valence-corrected chi connectivity index (χ3v) is 5.48. The molecule has 1 aromatic carbocycles. The summed E-state index contributed by atoms with van der Waals surface area (Å²) in [6, 6.07) is 9.96. The van der Waals surface area contributed by atoms with Crippen molar-refractivity contribution in [2.24, 2.45) is 0 Å². The summed E-state index contributed by atoms with van der Waals surface area (Å²) in [5, 5.41) is 13.1. The average Bonchev–Trinajstić information content (AvgIpc) is 3.48. The van der Waals surface area contributed by atoms with Crippen LogP contribution < -0.4 is 5.73 Å². The number of hydrogen-bond donors (Lipinski definition) is 1. The highest BCUT2D eigenvalue weighted by molar-refractivity contribution is 6.00. The smallest absolute Gasteiger partial charge is 0.249 e. The Balaban J connectivity index is 1.49. The summed E-state index contributed by atoms with van der Waals surface area (Å²) in [7, 11) is 3.45. The second-order valence-corrected chi connectivity index (χ2v) is 8.10. The highest BCUT2D eigenvalue weighted by atomic mass is 16.4. The molecule has 10 nitrogen and oxygen atoms in total. The molecule has 2 N–H and O–H groups in total. The predicted octanol–water partition coefficient (Wildman–Crippen LogP) is 3.19. The lowest BCUT2D eigenvalue weighted by Crippen LogP contribution is -2.26. The molecule has 0 bridgehead atoms. The number of carbonyl (C=O) groups is 1. The molecule has 0 aliphatic heterocycles. The van der Waals surface area contributed by atoms with Crippen LogP contribution in [0.1, 0.15) is 5.89 Å². The van der Waals surface area contributed by atoms with Crippen molar-refractivity contribution in [3.63, 3.8) is 0 Å². The fourth-order valence-corrected chi connectivity index (χ4v) is 3.62. The summed E-state index contributed by atoms with van der Waals surface area (Å²) in [6.45, 7) is 1.94. The minimum absolute atomic E-state index is 0.0172. The molecule has 0 saturated heterocycles. The van der Waals surface area contributed by atoms with Gasteiger partial charge in [0.2, 0.25) is 17.7 Å². The van der Waals surface area contributed by atoms with Gasteiger partial charge < -0.3 is 15.1 Å². The van der Waals surface area contributed by atoms with Crippen LogP contribution in [-0.2, 0) is 11.3 Å². The number of pyridine rings is 2. The van der Waals surface area contributed by atoms with Gasteiger partial charge in [-0.05, 0) is 17.2 Å². The van der Waals surface area contributed by atoms with E-state index in [4.69, 9.17) is 10.2 Å². The maximum absolute atomic E-state index is 11.9. The van der Waals surface area contributed by atoms with Crippen molar-refractivity contribution in [1.82, 2.24) is 34.8 Å². The van der Waals surface area contributed by atoms with Crippen molar-refractivity contribution < 1.29 is 9.21 Å². The van der Waals surface area contributed by atoms with Crippen LogP contribution in [0.3, 0.4) is 0 Å². The summed E-state index contributed by atoms with van der Waals surface area (Å²) in [5.41, 5.74) is 11.2. The van der Waals surface area contributed by atoms with E-state index in [9.17, 15) is 4.79 Å². The van der Waals surface area contributed by atoms with Crippen LogP contribution in [0.5, 0.6) is 0 Å². The molecule has 0 aliphatic rings. The van der Waals surface area contributed by atoms with Crippen LogP contribution >= 0.6 is 0 Å².